The number of benzene rings is 2. The highest BCUT2D eigenvalue weighted by Gasteiger charge is 2.05. The summed E-state index contributed by atoms with van der Waals surface area (Å²) >= 11 is 5.82. The van der Waals surface area contributed by atoms with Crippen LogP contribution in [0.2, 0.25) is 5.02 Å². The number of amides is 1. The molecule has 0 aromatic heterocycles. The number of aromatic hydroxyl groups is 1. The van der Waals surface area contributed by atoms with Gasteiger partial charge in [0.1, 0.15) is 5.75 Å². The minimum atomic E-state index is -0.341. The predicted molar refractivity (Wildman–Crippen MR) is 79.2 cm³/mol. The fourth-order valence-electron chi connectivity index (χ4n) is 1.62. The van der Waals surface area contributed by atoms with Gasteiger partial charge in [0, 0.05) is 16.1 Å². The van der Waals surface area contributed by atoms with E-state index < -0.39 is 0 Å². The van der Waals surface area contributed by atoms with Crippen LogP contribution in [0, 0.1) is 0 Å². The normalized spacial score (nSPS) is 11.2. The maximum Gasteiger partial charge on any atom is 0.271 e. The van der Waals surface area contributed by atoms with Crippen molar-refractivity contribution in [1.82, 2.24) is 5.43 Å². The molecule has 1 amide bonds. The number of nitrogens with zero attached hydrogens (tertiary/aromatic N) is 1. The molecule has 0 bridgehead atoms. The molecule has 4 nitrogen and oxygen atoms in total. The summed E-state index contributed by atoms with van der Waals surface area (Å²) < 4.78 is 0. The van der Waals surface area contributed by atoms with Gasteiger partial charge in [-0.15, -0.1) is 0 Å². The van der Waals surface area contributed by atoms with E-state index in [-0.39, 0.29) is 11.7 Å². The molecular weight excluding hydrogens is 276 g/mol. The number of halogens is 1. The fourth-order valence-corrected chi connectivity index (χ4v) is 1.81. The van der Waals surface area contributed by atoms with Crippen LogP contribution in [0.25, 0.3) is 0 Å². The Morgan fingerprint density at radius 1 is 1.15 bits per heavy atom. The van der Waals surface area contributed by atoms with Gasteiger partial charge in [-0.25, -0.2) is 5.43 Å². The number of hydrogen-bond acceptors (Lipinski definition) is 3. The topological polar surface area (TPSA) is 61.7 Å². The quantitative estimate of drug-likeness (QED) is 0.673. The third-order valence-corrected chi connectivity index (χ3v) is 2.91. The SMILES string of the molecule is C/C(=N\NC(=O)c1cccc(Cl)c1)c1cccc(O)c1. The maximum atomic E-state index is 11.9. The Balaban J connectivity index is 2.11. The highest BCUT2D eigenvalue weighted by Crippen LogP contribution is 2.12. The van der Waals surface area contributed by atoms with Crippen LogP contribution in [0.3, 0.4) is 0 Å². The van der Waals surface area contributed by atoms with Gasteiger partial charge >= 0.3 is 0 Å². The van der Waals surface area contributed by atoms with E-state index in [4.69, 9.17) is 11.6 Å². The molecule has 0 aliphatic rings. The monoisotopic (exact) mass is 288 g/mol. The van der Waals surface area contributed by atoms with Crippen LogP contribution in [0.5, 0.6) is 5.75 Å². The first-order valence-electron chi connectivity index (χ1n) is 5.96. The Morgan fingerprint density at radius 2 is 1.85 bits per heavy atom. The summed E-state index contributed by atoms with van der Waals surface area (Å²) in [5.74, 6) is -0.190. The van der Waals surface area contributed by atoms with Crippen LogP contribution in [-0.2, 0) is 0 Å². The molecule has 2 aromatic carbocycles. The summed E-state index contributed by atoms with van der Waals surface area (Å²) in [6.45, 7) is 1.74. The second kappa shape index (κ2) is 6.21. The smallest absolute Gasteiger partial charge is 0.271 e. The molecule has 0 saturated carbocycles. The van der Waals surface area contributed by atoms with Crippen LogP contribution in [0.1, 0.15) is 22.8 Å². The molecule has 2 rings (SSSR count). The summed E-state index contributed by atoms with van der Waals surface area (Å²) in [7, 11) is 0. The van der Waals surface area contributed by atoms with Crippen molar-refractivity contribution in [2.45, 2.75) is 6.92 Å². The van der Waals surface area contributed by atoms with Gasteiger partial charge in [0.15, 0.2) is 0 Å². The van der Waals surface area contributed by atoms with Gasteiger partial charge in [-0.3, -0.25) is 4.79 Å². The number of nitrogens with one attached hydrogen (secondary N) is 1. The van der Waals surface area contributed by atoms with Crippen molar-refractivity contribution in [2.24, 2.45) is 5.10 Å². The Hall–Kier alpha value is -2.33. The molecule has 0 unspecified atom stereocenters. The number of phenols is 1. The summed E-state index contributed by atoms with van der Waals surface area (Å²) in [5, 5.41) is 13.9. The molecule has 0 atom stereocenters. The molecule has 0 aliphatic carbocycles. The van der Waals surface area contributed by atoms with E-state index in [0.717, 1.165) is 5.56 Å². The zero-order valence-corrected chi connectivity index (χ0v) is 11.6. The second-order valence-corrected chi connectivity index (χ2v) is 4.64. The molecule has 20 heavy (non-hydrogen) atoms. The predicted octanol–water partition coefficient (Wildman–Crippen LogP) is 3.20. The number of rotatable bonds is 3. The van der Waals surface area contributed by atoms with E-state index in [0.29, 0.717) is 16.3 Å². The van der Waals surface area contributed by atoms with Gasteiger partial charge in [0.05, 0.1) is 5.71 Å². The summed E-state index contributed by atoms with van der Waals surface area (Å²) in [6.07, 6.45) is 0. The summed E-state index contributed by atoms with van der Waals surface area (Å²) in [5.41, 5.74) is 4.21. The van der Waals surface area contributed by atoms with Crippen molar-refractivity contribution in [3.8, 4) is 5.75 Å². The zero-order chi connectivity index (χ0) is 14.5. The van der Waals surface area contributed by atoms with Crippen molar-refractivity contribution in [1.29, 1.82) is 0 Å². The fraction of sp³-hybridized carbons (Fsp3) is 0.0667. The number of carbonyl (C=O) groups excluding carboxylic acids is 1. The molecule has 0 aliphatic heterocycles. The third kappa shape index (κ3) is 3.59. The van der Waals surface area contributed by atoms with E-state index in [1.165, 1.54) is 0 Å². The molecule has 2 N–H and O–H groups in total. The molecule has 2 aromatic rings. The lowest BCUT2D eigenvalue weighted by molar-refractivity contribution is 0.0955. The van der Waals surface area contributed by atoms with Crippen LogP contribution in [0.15, 0.2) is 53.6 Å². The van der Waals surface area contributed by atoms with Gasteiger partial charge in [0.25, 0.3) is 5.91 Å². The standard InChI is InChI=1S/C15H13ClN2O2/c1-10(11-4-3-7-14(19)9-11)17-18-15(20)12-5-2-6-13(16)8-12/h2-9,19H,1H3,(H,18,20)/b17-10+. The third-order valence-electron chi connectivity index (χ3n) is 2.68. The van der Waals surface area contributed by atoms with Crippen molar-refractivity contribution in [2.75, 3.05) is 0 Å². The largest absolute Gasteiger partial charge is 0.508 e. The molecular formula is C15H13ClN2O2. The number of hydrogen-bond donors (Lipinski definition) is 2. The highest BCUT2D eigenvalue weighted by atomic mass is 35.5. The van der Waals surface area contributed by atoms with E-state index in [2.05, 4.69) is 10.5 Å². The minimum absolute atomic E-state index is 0.151. The lowest BCUT2D eigenvalue weighted by Gasteiger charge is -2.04. The van der Waals surface area contributed by atoms with Gasteiger partial charge in [-0.05, 0) is 37.3 Å². The average molecular weight is 289 g/mol. The molecule has 102 valence electrons. The van der Waals surface area contributed by atoms with Crippen molar-refractivity contribution >= 4 is 23.2 Å². The van der Waals surface area contributed by atoms with Crippen LogP contribution >= 0.6 is 11.6 Å². The Bertz CT molecular complexity index is 668. The Labute approximate surface area is 121 Å². The molecule has 5 heteroatoms. The molecule has 0 spiro atoms. The number of carbonyl (C=O) groups is 1. The first kappa shape index (κ1) is 14.1. The Morgan fingerprint density at radius 3 is 2.55 bits per heavy atom. The summed E-state index contributed by atoms with van der Waals surface area (Å²) in [4.78, 5) is 11.9. The van der Waals surface area contributed by atoms with Crippen LogP contribution in [0.4, 0.5) is 0 Å². The van der Waals surface area contributed by atoms with Gasteiger partial charge in [-0.1, -0.05) is 29.8 Å². The van der Waals surface area contributed by atoms with Crippen molar-refractivity contribution in [3.05, 3.63) is 64.7 Å². The van der Waals surface area contributed by atoms with E-state index in [9.17, 15) is 9.90 Å². The molecule has 0 radical (unpaired) electrons. The van der Waals surface area contributed by atoms with Crippen molar-refractivity contribution < 1.29 is 9.90 Å². The molecule has 0 heterocycles. The molecule has 0 fully saturated rings. The summed E-state index contributed by atoms with van der Waals surface area (Å²) in [6, 6.07) is 13.3. The zero-order valence-electron chi connectivity index (χ0n) is 10.8. The lowest BCUT2D eigenvalue weighted by atomic mass is 10.1. The van der Waals surface area contributed by atoms with Crippen LogP contribution in [-0.4, -0.2) is 16.7 Å². The highest BCUT2D eigenvalue weighted by molar-refractivity contribution is 6.30. The number of phenolic OH excluding ortho intramolecular Hbond substituents is 1. The van der Waals surface area contributed by atoms with Crippen LogP contribution < -0.4 is 5.43 Å². The molecule has 0 saturated heterocycles. The van der Waals surface area contributed by atoms with E-state index in [1.807, 2.05) is 0 Å². The second-order valence-electron chi connectivity index (χ2n) is 4.20. The Kier molecular flexibility index (Phi) is 4.38. The van der Waals surface area contributed by atoms with Gasteiger partial charge in [-0.2, -0.15) is 5.10 Å². The first-order chi connectivity index (χ1) is 9.56. The van der Waals surface area contributed by atoms with Gasteiger partial charge in [0.2, 0.25) is 0 Å². The van der Waals surface area contributed by atoms with Crippen molar-refractivity contribution in [3.63, 3.8) is 0 Å². The first-order valence-corrected chi connectivity index (χ1v) is 6.33. The number of hydrazone groups is 1. The van der Waals surface area contributed by atoms with E-state index >= 15 is 0 Å². The maximum absolute atomic E-state index is 11.9. The minimum Gasteiger partial charge on any atom is -0.508 e. The van der Waals surface area contributed by atoms with Gasteiger partial charge < -0.3 is 5.11 Å². The van der Waals surface area contributed by atoms with E-state index in [1.54, 1.807) is 55.5 Å². The average Bonchev–Trinajstić information content (AvgIpc) is 2.44. The lowest BCUT2D eigenvalue weighted by Crippen LogP contribution is -2.19.